The molecule has 0 aliphatic carbocycles. The van der Waals surface area contributed by atoms with Crippen molar-refractivity contribution >= 4 is 28.5 Å². The number of rotatable bonds is 6. The first kappa shape index (κ1) is 18.6. The Morgan fingerprint density at radius 1 is 1.15 bits per heavy atom. The Hall–Kier alpha value is -3.15. The highest BCUT2D eigenvalue weighted by Crippen LogP contribution is 2.31. The van der Waals surface area contributed by atoms with E-state index in [0.29, 0.717) is 17.3 Å². The topological polar surface area (TPSA) is 71.2 Å². The third-order valence-electron chi connectivity index (χ3n) is 4.42. The van der Waals surface area contributed by atoms with Gasteiger partial charge in [-0.1, -0.05) is 37.3 Å². The van der Waals surface area contributed by atoms with Gasteiger partial charge in [-0.2, -0.15) is 0 Å². The third-order valence-corrected chi connectivity index (χ3v) is 4.42. The van der Waals surface area contributed by atoms with Gasteiger partial charge in [-0.3, -0.25) is 4.79 Å². The molecule has 27 heavy (non-hydrogen) atoms. The van der Waals surface area contributed by atoms with E-state index in [2.05, 4.69) is 10.3 Å². The second-order valence-corrected chi connectivity index (χ2v) is 6.15. The molecule has 0 aliphatic rings. The molecule has 0 saturated carbocycles. The Balaban J connectivity index is 2.01. The van der Waals surface area contributed by atoms with Gasteiger partial charge in [-0.15, -0.1) is 0 Å². The summed E-state index contributed by atoms with van der Waals surface area (Å²) in [6.45, 7) is 3.80. The number of aromatic nitrogens is 1. The van der Waals surface area contributed by atoms with E-state index in [4.69, 9.17) is 4.74 Å². The summed E-state index contributed by atoms with van der Waals surface area (Å²) in [4.78, 5) is 28.2. The number of nitrogens with one attached hydrogen (secondary N) is 2. The van der Waals surface area contributed by atoms with Crippen LogP contribution in [0.1, 0.15) is 42.2 Å². The van der Waals surface area contributed by atoms with Crippen molar-refractivity contribution in [3.05, 3.63) is 65.6 Å². The molecule has 3 aromatic rings. The van der Waals surface area contributed by atoms with Crippen LogP contribution in [0.2, 0.25) is 0 Å². The zero-order chi connectivity index (χ0) is 19.4. The molecule has 0 radical (unpaired) electrons. The van der Waals surface area contributed by atoms with Gasteiger partial charge in [0.1, 0.15) is 11.5 Å². The second-order valence-electron chi connectivity index (χ2n) is 6.15. The molecular formula is C21H21FN2O3. The average Bonchev–Trinajstić information content (AvgIpc) is 3.01. The number of hydrogen-bond donors (Lipinski definition) is 2. The minimum atomic E-state index is -0.600. The van der Waals surface area contributed by atoms with Crippen molar-refractivity contribution in [2.24, 2.45) is 0 Å². The van der Waals surface area contributed by atoms with E-state index in [9.17, 15) is 14.0 Å². The normalized spacial score (nSPS) is 12.0. The molecule has 1 aromatic heterocycles. The van der Waals surface area contributed by atoms with E-state index in [-0.39, 0.29) is 29.8 Å². The summed E-state index contributed by atoms with van der Waals surface area (Å²) in [5, 5.41) is 3.24. The first-order valence-electron chi connectivity index (χ1n) is 8.89. The van der Waals surface area contributed by atoms with Crippen molar-refractivity contribution in [2.75, 3.05) is 11.9 Å². The van der Waals surface area contributed by atoms with Crippen LogP contribution in [0.15, 0.2) is 48.5 Å². The lowest BCUT2D eigenvalue weighted by molar-refractivity contribution is -0.117. The van der Waals surface area contributed by atoms with E-state index >= 15 is 0 Å². The van der Waals surface area contributed by atoms with Crippen LogP contribution in [0.4, 0.5) is 10.1 Å². The molecule has 3 rings (SSSR count). The summed E-state index contributed by atoms with van der Waals surface area (Å²) in [6, 6.07) is 13.5. The van der Waals surface area contributed by atoms with E-state index < -0.39 is 11.8 Å². The van der Waals surface area contributed by atoms with Gasteiger partial charge >= 0.3 is 5.97 Å². The molecule has 0 spiro atoms. The molecule has 0 bridgehead atoms. The Kier molecular flexibility index (Phi) is 5.54. The molecule has 2 N–H and O–H groups in total. The molecular weight excluding hydrogens is 347 g/mol. The van der Waals surface area contributed by atoms with Crippen LogP contribution in [-0.4, -0.2) is 23.5 Å². The van der Waals surface area contributed by atoms with Gasteiger partial charge in [0.25, 0.3) is 0 Å². The lowest BCUT2D eigenvalue weighted by Crippen LogP contribution is -2.22. The van der Waals surface area contributed by atoms with Crippen LogP contribution >= 0.6 is 0 Å². The maximum Gasteiger partial charge on any atom is 0.356 e. The van der Waals surface area contributed by atoms with Gasteiger partial charge in [-0.05, 0) is 37.1 Å². The van der Waals surface area contributed by atoms with Gasteiger partial charge in [0.05, 0.1) is 18.2 Å². The number of fused-ring (bicyclic) bond motifs is 1. The maximum atomic E-state index is 13.8. The largest absolute Gasteiger partial charge is 0.461 e. The lowest BCUT2D eigenvalue weighted by Gasteiger charge is -2.16. The zero-order valence-corrected chi connectivity index (χ0v) is 15.2. The number of hydrogen-bond acceptors (Lipinski definition) is 3. The molecule has 0 aliphatic heterocycles. The van der Waals surface area contributed by atoms with E-state index in [0.717, 1.165) is 5.56 Å². The first-order chi connectivity index (χ1) is 13.0. The molecule has 0 fully saturated rings. The molecule has 0 unspecified atom stereocenters. The number of halogens is 1. The molecule has 5 nitrogen and oxygen atoms in total. The fourth-order valence-electron chi connectivity index (χ4n) is 3.12. The van der Waals surface area contributed by atoms with Gasteiger partial charge in [0, 0.05) is 10.9 Å². The predicted molar refractivity (Wildman–Crippen MR) is 102 cm³/mol. The fourth-order valence-corrected chi connectivity index (χ4v) is 3.12. The molecule has 1 atom stereocenters. The van der Waals surface area contributed by atoms with Crippen LogP contribution in [0.5, 0.6) is 0 Å². The summed E-state index contributed by atoms with van der Waals surface area (Å²) in [6.07, 6.45) is 0.585. The molecule has 1 amide bonds. The molecule has 6 heteroatoms. The lowest BCUT2D eigenvalue weighted by atomic mass is 9.95. The van der Waals surface area contributed by atoms with Gasteiger partial charge in [0.15, 0.2) is 0 Å². The van der Waals surface area contributed by atoms with Gasteiger partial charge < -0.3 is 15.0 Å². The summed E-state index contributed by atoms with van der Waals surface area (Å²) in [7, 11) is 0. The first-order valence-corrected chi connectivity index (χ1v) is 8.89. The Morgan fingerprint density at radius 2 is 1.89 bits per heavy atom. The van der Waals surface area contributed by atoms with Crippen molar-refractivity contribution in [3.63, 3.8) is 0 Å². The predicted octanol–water partition coefficient (Wildman–Crippen LogP) is 4.62. The molecule has 2 aromatic carbocycles. The summed E-state index contributed by atoms with van der Waals surface area (Å²) in [5.41, 5.74) is 1.76. The standard InChI is InChI=1S/C21H21FN2O3/c1-3-15(13-8-6-5-7-9-13)20(25)24-18-16-12-14(22)10-11-17(16)23-19(18)21(26)27-4-2/h5-12,15,23H,3-4H2,1-2H3,(H,24,25)/t15-/m1/s1. The number of amides is 1. The number of aromatic amines is 1. The Labute approximate surface area is 156 Å². The van der Waals surface area contributed by atoms with E-state index in [1.54, 1.807) is 6.92 Å². The Bertz CT molecular complexity index is 966. The van der Waals surface area contributed by atoms with Crippen LogP contribution in [0.25, 0.3) is 10.9 Å². The third kappa shape index (κ3) is 3.84. The van der Waals surface area contributed by atoms with Crippen molar-refractivity contribution in [1.82, 2.24) is 4.98 Å². The highest BCUT2D eigenvalue weighted by molar-refractivity contribution is 6.11. The van der Waals surface area contributed by atoms with Crippen LogP contribution in [0.3, 0.4) is 0 Å². The van der Waals surface area contributed by atoms with Crippen LogP contribution in [0, 0.1) is 5.82 Å². The molecule has 140 valence electrons. The van der Waals surface area contributed by atoms with Crippen molar-refractivity contribution in [2.45, 2.75) is 26.2 Å². The van der Waals surface area contributed by atoms with Gasteiger partial charge in [0.2, 0.25) is 5.91 Å². The van der Waals surface area contributed by atoms with Crippen molar-refractivity contribution in [1.29, 1.82) is 0 Å². The Morgan fingerprint density at radius 3 is 2.56 bits per heavy atom. The van der Waals surface area contributed by atoms with Crippen molar-refractivity contribution < 1.29 is 18.7 Å². The summed E-state index contributed by atoms with van der Waals surface area (Å²) >= 11 is 0. The highest BCUT2D eigenvalue weighted by Gasteiger charge is 2.25. The molecule has 1 heterocycles. The van der Waals surface area contributed by atoms with E-state index in [1.807, 2.05) is 37.3 Å². The number of benzene rings is 2. The smallest absolute Gasteiger partial charge is 0.356 e. The number of H-pyrrole nitrogens is 1. The number of ether oxygens (including phenoxy) is 1. The number of anilines is 1. The fraction of sp³-hybridized carbons (Fsp3) is 0.238. The summed E-state index contributed by atoms with van der Waals surface area (Å²) in [5.74, 6) is -1.71. The van der Waals surface area contributed by atoms with Crippen LogP contribution in [-0.2, 0) is 9.53 Å². The summed E-state index contributed by atoms with van der Waals surface area (Å²) < 4.78 is 18.8. The van der Waals surface area contributed by atoms with E-state index in [1.165, 1.54) is 18.2 Å². The average molecular weight is 368 g/mol. The number of esters is 1. The number of carbonyl (C=O) groups is 2. The minimum Gasteiger partial charge on any atom is -0.461 e. The maximum absolute atomic E-state index is 13.8. The monoisotopic (exact) mass is 368 g/mol. The SMILES string of the molecule is CCOC(=O)c1[nH]c2ccc(F)cc2c1NC(=O)[C@H](CC)c1ccccc1. The minimum absolute atomic E-state index is 0.105. The van der Waals surface area contributed by atoms with Gasteiger partial charge in [-0.25, -0.2) is 9.18 Å². The van der Waals surface area contributed by atoms with Crippen LogP contribution < -0.4 is 5.32 Å². The highest BCUT2D eigenvalue weighted by atomic mass is 19.1. The number of carbonyl (C=O) groups excluding carboxylic acids is 2. The molecule has 0 saturated heterocycles. The van der Waals surface area contributed by atoms with Crippen molar-refractivity contribution in [3.8, 4) is 0 Å². The quantitative estimate of drug-likeness (QED) is 0.624. The second kappa shape index (κ2) is 8.03. The zero-order valence-electron chi connectivity index (χ0n) is 15.2.